The lowest BCUT2D eigenvalue weighted by Gasteiger charge is -2.46. The fourth-order valence-electron chi connectivity index (χ4n) is 4.65. The molecular formula is C24H25NO3. The van der Waals surface area contributed by atoms with Gasteiger partial charge in [0.15, 0.2) is 5.78 Å². The van der Waals surface area contributed by atoms with Crippen LogP contribution in [0, 0.1) is 0 Å². The Morgan fingerprint density at radius 1 is 1.00 bits per heavy atom. The Hall–Kier alpha value is -2.88. The number of carbonyl (C=O) groups excluding carboxylic acids is 2. The molecule has 1 saturated heterocycles. The van der Waals surface area contributed by atoms with Gasteiger partial charge in [-0.2, -0.15) is 0 Å². The third-order valence-electron chi connectivity index (χ3n) is 6.20. The largest absolute Gasteiger partial charge is 0.497 e. The van der Waals surface area contributed by atoms with Gasteiger partial charge in [-0.1, -0.05) is 42.5 Å². The molecule has 1 amide bonds. The van der Waals surface area contributed by atoms with Crippen LogP contribution in [0.3, 0.4) is 0 Å². The fourth-order valence-corrected chi connectivity index (χ4v) is 4.65. The zero-order valence-electron chi connectivity index (χ0n) is 16.4. The zero-order valence-corrected chi connectivity index (χ0v) is 16.4. The second-order valence-electron chi connectivity index (χ2n) is 7.62. The van der Waals surface area contributed by atoms with Crippen molar-refractivity contribution in [2.75, 3.05) is 13.7 Å². The number of Topliss-reactive ketones (excluding diaryl/α,β-unsaturated/α-hetero) is 1. The molecule has 1 fully saturated rings. The first-order valence-corrected chi connectivity index (χ1v) is 9.77. The van der Waals surface area contributed by atoms with Gasteiger partial charge in [0.2, 0.25) is 5.91 Å². The number of hydrogen-bond donors (Lipinski definition) is 0. The van der Waals surface area contributed by atoms with Crippen LogP contribution in [-0.4, -0.2) is 30.2 Å². The molecular weight excluding hydrogens is 350 g/mol. The van der Waals surface area contributed by atoms with Gasteiger partial charge in [-0.25, -0.2) is 0 Å². The molecule has 4 heteroatoms. The van der Waals surface area contributed by atoms with Gasteiger partial charge in [-0.05, 0) is 54.2 Å². The molecule has 1 atom stereocenters. The summed E-state index contributed by atoms with van der Waals surface area (Å²) in [6.07, 6.45) is 1.72. The van der Waals surface area contributed by atoms with Gasteiger partial charge >= 0.3 is 0 Å². The van der Waals surface area contributed by atoms with Crippen LogP contribution >= 0.6 is 0 Å². The van der Waals surface area contributed by atoms with Crippen molar-refractivity contribution in [2.24, 2.45) is 0 Å². The normalized spacial score (nSPS) is 22.3. The third-order valence-corrected chi connectivity index (χ3v) is 6.20. The van der Waals surface area contributed by atoms with Crippen LogP contribution in [-0.2, 0) is 21.5 Å². The highest BCUT2D eigenvalue weighted by Crippen LogP contribution is 2.47. The van der Waals surface area contributed by atoms with E-state index in [9.17, 15) is 9.59 Å². The van der Waals surface area contributed by atoms with Gasteiger partial charge < -0.3 is 9.64 Å². The van der Waals surface area contributed by atoms with Gasteiger partial charge in [0.05, 0.1) is 12.5 Å². The second kappa shape index (κ2) is 7.27. The van der Waals surface area contributed by atoms with Gasteiger partial charge in [0.25, 0.3) is 0 Å². The van der Waals surface area contributed by atoms with E-state index in [0.29, 0.717) is 25.9 Å². The molecule has 1 aliphatic carbocycles. The van der Waals surface area contributed by atoms with Crippen LogP contribution < -0.4 is 4.74 Å². The average molecular weight is 375 g/mol. The summed E-state index contributed by atoms with van der Waals surface area (Å²) in [4.78, 5) is 28.1. The highest BCUT2D eigenvalue weighted by atomic mass is 16.5. The molecule has 2 aromatic carbocycles. The molecule has 2 aromatic rings. The number of fused-ring (bicyclic) bond motifs is 1. The number of methoxy groups -OCH3 is 1. The Kier molecular flexibility index (Phi) is 4.80. The van der Waals surface area contributed by atoms with Gasteiger partial charge in [0.1, 0.15) is 5.75 Å². The smallest absolute Gasteiger partial charge is 0.237 e. The number of nitrogens with zero attached hydrogens (tertiary/aromatic N) is 1. The van der Waals surface area contributed by atoms with E-state index in [1.54, 1.807) is 7.11 Å². The van der Waals surface area contributed by atoms with Crippen molar-refractivity contribution in [1.82, 2.24) is 4.90 Å². The molecule has 2 aliphatic rings. The van der Waals surface area contributed by atoms with Crippen molar-refractivity contribution in [3.8, 4) is 5.75 Å². The standard InChI is InChI=1S/C24H25NO3/c1-17-21-13-15-25(16-18-8-10-20(28-2)11-9-18)23(27)24(21,14-12-22(17)26)19-6-4-3-5-7-19/h3-11H,12-16H2,1-2H3. The molecule has 0 N–H and O–H groups in total. The van der Waals surface area contributed by atoms with Crippen LogP contribution in [0.4, 0.5) is 0 Å². The van der Waals surface area contributed by atoms with Crippen LogP contribution in [0.25, 0.3) is 0 Å². The molecule has 4 rings (SSSR count). The van der Waals surface area contributed by atoms with Crippen molar-refractivity contribution < 1.29 is 14.3 Å². The van der Waals surface area contributed by atoms with Gasteiger partial charge in [-0.15, -0.1) is 0 Å². The van der Waals surface area contributed by atoms with Crippen molar-refractivity contribution >= 4 is 11.7 Å². The van der Waals surface area contributed by atoms with Crippen molar-refractivity contribution in [3.05, 3.63) is 76.9 Å². The topological polar surface area (TPSA) is 46.6 Å². The van der Waals surface area contributed by atoms with Crippen LogP contribution in [0.2, 0.25) is 0 Å². The summed E-state index contributed by atoms with van der Waals surface area (Å²) in [5.41, 5.74) is 3.18. The first kappa shape index (κ1) is 18.5. The first-order chi connectivity index (χ1) is 13.6. The van der Waals surface area contributed by atoms with E-state index in [2.05, 4.69) is 0 Å². The Bertz CT molecular complexity index is 930. The number of ketones is 1. The van der Waals surface area contributed by atoms with E-state index in [1.165, 1.54) is 0 Å². The number of carbonyl (C=O) groups is 2. The van der Waals surface area contributed by atoms with Crippen LogP contribution in [0.15, 0.2) is 65.7 Å². The Labute approximate surface area is 165 Å². The summed E-state index contributed by atoms with van der Waals surface area (Å²) < 4.78 is 5.23. The molecule has 4 nitrogen and oxygen atoms in total. The predicted molar refractivity (Wildman–Crippen MR) is 108 cm³/mol. The van der Waals surface area contributed by atoms with E-state index < -0.39 is 5.41 Å². The summed E-state index contributed by atoms with van der Waals surface area (Å²) in [6.45, 7) is 3.10. The number of likely N-dealkylation sites (tertiary alicyclic amines) is 1. The Morgan fingerprint density at radius 2 is 1.71 bits per heavy atom. The van der Waals surface area contributed by atoms with E-state index in [4.69, 9.17) is 4.74 Å². The van der Waals surface area contributed by atoms with Crippen molar-refractivity contribution in [1.29, 1.82) is 0 Å². The molecule has 0 radical (unpaired) electrons. The number of benzene rings is 2. The monoisotopic (exact) mass is 375 g/mol. The summed E-state index contributed by atoms with van der Waals surface area (Å²) in [6, 6.07) is 17.8. The van der Waals surface area contributed by atoms with E-state index in [1.807, 2.05) is 66.4 Å². The third kappa shape index (κ3) is 2.93. The maximum atomic E-state index is 13.8. The number of amides is 1. The van der Waals surface area contributed by atoms with Crippen molar-refractivity contribution in [2.45, 2.75) is 38.1 Å². The Morgan fingerprint density at radius 3 is 2.39 bits per heavy atom. The maximum absolute atomic E-state index is 13.8. The quantitative estimate of drug-likeness (QED) is 0.810. The minimum Gasteiger partial charge on any atom is -0.497 e. The Balaban J connectivity index is 1.73. The highest BCUT2D eigenvalue weighted by Gasteiger charge is 2.51. The predicted octanol–water partition coefficient (Wildman–Crippen LogP) is 4.04. The molecule has 1 heterocycles. The van der Waals surface area contributed by atoms with E-state index in [-0.39, 0.29) is 11.7 Å². The molecule has 144 valence electrons. The minimum absolute atomic E-state index is 0.114. The lowest BCUT2D eigenvalue weighted by molar-refractivity contribution is -0.139. The van der Waals surface area contributed by atoms with Crippen LogP contribution in [0.5, 0.6) is 5.75 Å². The van der Waals surface area contributed by atoms with E-state index in [0.717, 1.165) is 34.4 Å². The van der Waals surface area contributed by atoms with Gasteiger partial charge in [0, 0.05) is 19.5 Å². The van der Waals surface area contributed by atoms with Gasteiger partial charge in [-0.3, -0.25) is 9.59 Å². The number of rotatable bonds is 4. The maximum Gasteiger partial charge on any atom is 0.237 e. The number of allylic oxidation sites excluding steroid dienone is 1. The molecule has 0 saturated carbocycles. The number of piperidine rings is 1. The average Bonchev–Trinajstić information content (AvgIpc) is 2.74. The molecule has 0 bridgehead atoms. The number of ether oxygens (including phenoxy) is 1. The van der Waals surface area contributed by atoms with E-state index >= 15 is 0 Å². The molecule has 0 spiro atoms. The summed E-state index contributed by atoms with van der Waals surface area (Å²) in [5, 5.41) is 0. The lowest BCUT2D eigenvalue weighted by Crippen LogP contribution is -2.54. The molecule has 1 unspecified atom stereocenters. The second-order valence-corrected chi connectivity index (χ2v) is 7.62. The summed E-state index contributed by atoms with van der Waals surface area (Å²) in [5.74, 6) is 1.10. The fraction of sp³-hybridized carbons (Fsp3) is 0.333. The first-order valence-electron chi connectivity index (χ1n) is 9.77. The molecule has 1 aliphatic heterocycles. The number of hydrogen-bond acceptors (Lipinski definition) is 3. The minimum atomic E-state index is -0.704. The summed E-state index contributed by atoms with van der Waals surface area (Å²) in [7, 11) is 1.65. The zero-order chi connectivity index (χ0) is 19.7. The summed E-state index contributed by atoms with van der Waals surface area (Å²) >= 11 is 0. The van der Waals surface area contributed by atoms with Crippen LogP contribution in [0.1, 0.15) is 37.3 Å². The SMILES string of the molecule is COc1ccc(CN2CCC3=C(C)C(=O)CCC3(c3ccccc3)C2=O)cc1. The lowest BCUT2D eigenvalue weighted by atomic mass is 9.62. The highest BCUT2D eigenvalue weighted by molar-refractivity contribution is 6.03. The van der Waals surface area contributed by atoms with Crippen molar-refractivity contribution in [3.63, 3.8) is 0 Å². The molecule has 0 aromatic heterocycles. The molecule has 28 heavy (non-hydrogen) atoms.